The zero-order chi connectivity index (χ0) is 18.0. The second-order valence-electron chi connectivity index (χ2n) is 5.45. The summed E-state index contributed by atoms with van der Waals surface area (Å²) in [6.07, 6.45) is 3.19. The highest BCUT2D eigenvalue weighted by Gasteiger charge is 2.13. The first-order valence-corrected chi connectivity index (χ1v) is 7.48. The maximum atomic E-state index is 12.5. The minimum absolute atomic E-state index is 0.0139. The highest BCUT2D eigenvalue weighted by molar-refractivity contribution is 5.94. The van der Waals surface area contributed by atoms with Crippen molar-refractivity contribution in [2.45, 2.75) is 20.1 Å². The van der Waals surface area contributed by atoms with Gasteiger partial charge in [-0.25, -0.2) is 0 Å². The number of fused-ring (bicyclic) bond motifs is 1. The number of aryl methyl sites for hydroxylation is 1. The summed E-state index contributed by atoms with van der Waals surface area (Å²) in [5.74, 6) is 0.0139. The van der Waals surface area contributed by atoms with Gasteiger partial charge in [-0.1, -0.05) is 0 Å². The van der Waals surface area contributed by atoms with Crippen LogP contribution in [0.4, 0.5) is 14.5 Å². The number of nitrogens with zero attached hydrogens (tertiary/aromatic N) is 4. The molecule has 0 saturated heterocycles. The van der Waals surface area contributed by atoms with Crippen LogP contribution in [0.25, 0.3) is 10.9 Å². The summed E-state index contributed by atoms with van der Waals surface area (Å²) in [6, 6.07) is 6.52. The maximum absolute atomic E-state index is 12.5. The number of hydrogen-bond acceptors (Lipinski definition) is 5. The largest absolute Gasteiger partial charge is 0.435 e. The second-order valence-corrected chi connectivity index (χ2v) is 5.45. The van der Waals surface area contributed by atoms with Gasteiger partial charge in [0.2, 0.25) is 0 Å². The number of nitriles is 1. The molecule has 0 aliphatic carbocycles. The van der Waals surface area contributed by atoms with Gasteiger partial charge in [-0.3, -0.25) is 9.67 Å². The average molecular weight is 343 g/mol. The topological polar surface area (TPSA) is 75.8 Å². The molecule has 0 saturated carbocycles. The molecule has 0 bridgehead atoms. The van der Waals surface area contributed by atoms with E-state index < -0.39 is 6.61 Å². The van der Waals surface area contributed by atoms with Crippen molar-refractivity contribution < 1.29 is 13.5 Å². The molecule has 0 unspecified atom stereocenters. The first kappa shape index (κ1) is 16.6. The zero-order valence-electron chi connectivity index (χ0n) is 13.6. The number of alkyl halides is 2. The van der Waals surface area contributed by atoms with Crippen LogP contribution in [0.5, 0.6) is 5.75 Å². The molecule has 2 heterocycles. The van der Waals surface area contributed by atoms with E-state index >= 15 is 0 Å². The number of aromatic nitrogens is 3. The van der Waals surface area contributed by atoms with Crippen LogP contribution >= 0.6 is 0 Å². The minimum atomic E-state index is -2.92. The molecule has 0 atom stereocenters. The fraction of sp³-hybridized carbons (Fsp3) is 0.235. The van der Waals surface area contributed by atoms with Gasteiger partial charge in [0.1, 0.15) is 11.8 Å². The molecule has 25 heavy (non-hydrogen) atoms. The van der Waals surface area contributed by atoms with E-state index in [2.05, 4.69) is 26.2 Å². The molecular formula is C17H15F2N5O. The number of anilines is 1. The van der Waals surface area contributed by atoms with Gasteiger partial charge in [-0.05, 0) is 25.1 Å². The average Bonchev–Trinajstić information content (AvgIpc) is 2.91. The summed E-state index contributed by atoms with van der Waals surface area (Å²) in [4.78, 5) is 4.19. The van der Waals surface area contributed by atoms with Crippen LogP contribution < -0.4 is 10.1 Å². The fourth-order valence-corrected chi connectivity index (χ4v) is 2.52. The first-order chi connectivity index (χ1) is 12.0. The van der Waals surface area contributed by atoms with E-state index in [1.807, 2.05) is 14.0 Å². The van der Waals surface area contributed by atoms with Crippen LogP contribution in [0, 0.1) is 18.3 Å². The van der Waals surface area contributed by atoms with Gasteiger partial charge in [0.15, 0.2) is 0 Å². The number of halogens is 2. The normalized spacial score (nSPS) is 10.9. The smallest absolute Gasteiger partial charge is 0.387 e. The molecule has 3 aromatic rings. The standard InChI is InChI=1S/C17H15F2N5O/c1-10-12(9-23-24(10)2)8-22-16-11(6-20)7-21-15-4-3-13(5-14(15)16)25-17(18)19/h3-5,7,9,17H,8H2,1-2H3,(H,21,22). The van der Waals surface area contributed by atoms with Gasteiger partial charge < -0.3 is 10.1 Å². The van der Waals surface area contributed by atoms with Crippen molar-refractivity contribution in [1.82, 2.24) is 14.8 Å². The Morgan fingerprint density at radius 2 is 2.16 bits per heavy atom. The summed E-state index contributed by atoms with van der Waals surface area (Å²) >= 11 is 0. The van der Waals surface area contributed by atoms with Crippen molar-refractivity contribution >= 4 is 16.6 Å². The lowest BCUT2D eigenvalue weighted by Crippen LogP contribution is -2.05. The van der Waals surface area contributed by atoms with E-state index in [0.29, 0.717) is 28.7 Å². The number of rotatable bonds is 5. The Bertz CT molecular complexity index is 962. The first-order valence-electron chi connectivity index (χ1n) is 7.48. The minimum Gasteiger partial charge on any atom is -0.435 e. The molecule has 128 valence electrons. The predicted octanol–water partition coefficient (Wildman–Crippen LogP) is 3.36. The Balaban J connectivity index is 2.01. The number of hydrogen-bond donors (Lipinski definition) is 1. The molecule has 0 aliphatic heterocycles. The van der Waals surface area contributed by atoms with Gasteiger partial charge in [0, 0.05) is 36.4 Å². The highest BCUT2D eigenvalue weighted by atomic mass is 19.3. The van der Waals surface area contributed by atoms with Crippen LogP contribution in [0.2, 0.25) is 0 Å². The lowest BCUT2D eigenvalue weighted by atomic mass is 10.1. The molecule has 0 fully saturated rings. The molecule has 1 N–H and O–H groups in total. The van der Waals surface area contributed by atoms with Crippen molar-refractivity contribution in [3.05, 3.63) is 47.4 Å². The number of pyridine rings is 1. The molecule has 0 radical (unpaired) electrons. The summed E-state index contributed by atoms with van der Waals surface area (Å²) in [5.41, 5.74) is 3.38. The summed E-state index contributed by atoms with van der Waals surface area (Å²) in [5, 5.41) is 17.3. The van der Waals surface area contributed by atoms with Crippen molar-refractivity contribution in [2.75, 3.05) is 5.32 Å². The maximum Gasteiger partial charge on any atom is 0.387 e. The molecule has 0 amide bonds. The van der Waals surface area contributed by atoms with Crippen LogP contribution in [0.15, 0.2) is 30.6 Å². The molecule has 8 heteroatoms. The summed E-state index contributed by atoms with van der Waals surface area (Å²) < 4.78 is 31.1. The quantitative estimate of drug-likeness (QED) is 0.769. The Labute approximate surface area is 142 Å². The van der Waals surface area contributed by atoms with Crippen molar-refractivity contribution in [3.8, 4) is 11.8 Å². The number of nitrogens with one attached hydrogen (secondary N) is 1. The third-order valence-corrected chi connectivity index (χ3v) is 3.98. The van der Waals surface area contributed by atoms with Gasteiger partial charge in [0.25, 0.3) is 0 Å². The summed E-state index contributed by atoms with van der Waals surface area (Å²) in [7, 11) is 1.84. The fourth-order valence-electron chi connectivity index (χ4n) is 2.52. The molecular weight excluding hydrogens is 328 g/mol. The van der Waals surface area contributed by atoms with Crippen LogP contribution in [-0.2, 0) is 13.6 Å². The monoisotopic (exact) mass is 343 g/mol. The molecule has 2 aromatic heterocycles. The third kappa shape index (κ3) is 3.35. The molecule has 1 aromatic carbocycles. The highest BCUT2D eigenvalue weighted by Crippen LogP contribution is 2.30. The van der Waals surface area contributed by atoms with Crippen molar-refractivity contribution in [2.24, 2.45) is 7.05 Å². The summed E-state index contributed by atoms with van der Waals surface area (Å²) in [6.45, 7) is -0.541. The Morgan fingerprint density at radius 1 is 1.36 bits per heavy atom. The van der Waals surface area contributed by atoms with Gasteiger partial charge in [-0.15, -0.1) is 0 Å². The number of benzene rings is 1. The van der Waals surface area contributed by atoms with E-state index in [1.165, 1.54) is 18.3 Å². The van der Waals surface area contributed by atoms with Gasteiger partial charge >= 0.3 is 6.61 Å². The SMILES string of the molecule is Cc1c(CNc2c(C#N)cnc3ccc(OC(F)F)cc23)cnn1C. The van der Waals surface area contributed by atoms with Crippen LogP contribution in [0.1, 0.15) is 16.8 Å². The Hall–Kier alpha value is -3.21. The van der Waals surface area contributed by atoms with E-state index in [0.717, 1.165) is 11.3 Å². The van der Waals surface area contributed by atoms with Gasteiger partial charge in [0.05, 0.1) is 23.0 Å². The molecule has 0 spiro atoms. The van der Waals surface area contributed by atoms with Gasteiger partial charge in [-0.2, -0.15) is 19.1 Å². The molecule has 6 nitrogen and oxygen atoms in total. The van der Waals surface area contributed by atoms with E-state index in [4.69, 9.17) is 0 Å². The Kier molecular flexibility index (Phi) is 4.48. The van der Waals surface area contributed by atoms with E-state index in [9.17, 15) is 14.0 Å². The predicted molar refractivity (Wildman–Crippen MR) is 88.4 cm³/mol. The molecule has 3 rings (SSSR count). The second kappa shape index (κ2) is 6.73. The lowest BCUT2D eigenvalue weighted by molar-refractivity contribution is -0.0497. The Morgan fingerprint density at radius 3 is 2.80 bits per heavy atom. The zero-order valence-corrected chi connectivity index (χ0v) is 13.6. The van der Waals surface area contributed by atoms with Crippen molar-refractivity contribution in [1.29, 1.82) is 5.26 Å². The number of ether oxygens (including phenoxy) is 1. The third-order valence-electron chi connectivity index (χ3n) is 3.98. The lowest BCUT2D eigenvalue weighted by Gasteiger charge is -2.12. The van der Waals surface area contributed by atoms with Crippen LogP contribution in [-0.4, -0.2) is 21.4 Å². The van der Waals surface area contributed by atoms with Crippen LogP contribution in [0.3, 0.4) is 0 Å². The van der Waals surface area contributed by atoms with Crippen molar-refractivity contribution in [3.63, 3.8) is 0 Å². The van der Waals surface area contributed by atoms with E-state index in [1.54, 1.807) is 16.9 Å². The van der Waals surface area contributed by atoms with E-state index in [-0.39, 0.29) is 5.75 Å². The molecule has 0 aliphatic rings.